The van der Waals surface area contributed by atoms with Crippen molar-refractivity contribution in [2.75, 3.05) is 17.7 Å². The molecule has 2 N–H and O–H groups in total. The van der Waals surface area contributed by atoms with Crippen LogP contribution in [0.3, 0.4) is 0 Å². The van der Waals surface area contributed by atoms with Crippen LogP contribution in [0.25, 0.3) is 0 Å². The van der Waals surface area contributed by atoms with Gasteiger partial charge in [0.15, 0.2) is 0 Å². The number of aryl methyl sites for hydroxylation is 1. The summed E-state index contributed by atoms with van der Waals surface area (Å²) in [4.78, 5) is 26.4. The van der Waals surface area contributed by atoms with Crippen LogP contribution in [0.2, 0.25) is 5.02 Å². The van der Waals surface area contributed by atoms with Crippen molar-refractivity contribution in [3.8, 4) is 0 Å². The zero-order chi connectivity index (χ0) is 21.1. The zero-order valence-corrected chi connectivity index (χ0v) is 18.2. The summed E-state index contributed by atoms with van der Waals surface area (Å²) in [6.07, 6.45) is 2.92. The lowest BCUT2D eigenvalue weighted by Crippen LogP contribution is -2.32. The Labute approximate surface area is 185 Å². The lowest BCUT2D eigenvalue weighted by molar-refractivity contribution is -0.112. The number of hydrogen-bond acceptors (Lipinski definition) is 4. The standard InChI is InChI=1S/C23H23ClN2O3S/c1-14-21(30-12-11-29-14)23(28)26-20-10-9-16(24)13-18(20)22(27)25-19-8-4-6-15-5-2-3-7-17(15)19/h2-3,5,7,9-10,13,19H,4,6,8,11-12H2,1H3,(H,25,27)(H,26,28)/t19-/m1/s1. The number of nitrogens with one attached hydrogen (secondary N) is 2. The number of allylic oxidation sites excluding steroid dienone is 1. The summed E-state index contributed by atoms with van der Waals surface area (Å²) in [7, 11) is 0. The van der Waals surface area contributed by atoms with Crippen LogP contribution >= 0.6 is 23.4 Å². The molecule has 1 heterocycles. The fourth-order valence-electron chi connectivity index (χ4n) is 3.86. The van der Waals surface area contributed by atoms with Crippen LogP contribution < -0.4 is 10.6 Å². The molecule has 0 spiro atoms. The SMILES string of the molecule is CC1=C(C(=O)Nc2ccc(Cl)cc2C(=O)N[C@@H]2CCCc3ccccc32)SCCO1. The number of anilines is 1. The number of ether oxygens (including phenoxy) is 1. The van der Waals surface area contributed by atoms with Crippen LogP contribution in [0.4, 0.5) is 5.69 Å². The number of fused-ring (bicyclic) bond motifs is 1. The van der Waals surface area contributed by atoms with Gasteiger partial charge >= 0.3 is 0 Å². The van der Waals surface area contributed by atoms with Gasteiger partial charge in [-0.3, -0.25) is 9.59 Å². The van der Waals surface area contributed by atoms with Crippen molar-refractivity contribution in [2.24, 2.45) is 0 Å². The quantitative estimate of drug-likeness (QED) is 0.692. The van der Waals surface area contributed by atoms with E-state index < -0.39 is 0 Å². The van der Waals surface area contributed by atoms with E-state index in [0.29, 0.717) is 33.5 Å². The largest absolute Gasteiger partial charge is 0.496 e. The van der Waals surface area contributed by atoms with Gasteiger partial charge in [-0.05, 0) is 55.5 Å². The van der Waals surface area contributed by atoms with E-state index in [1.54, 1.807) is 25.1 Å². The summed E-state index contributed by atoms with van der Waals surface area (Å²) in [6.45, 7) is 2.36. The highest BCUT2D eigenvalue weighted by atomic mass is 35.5. The predicted octanol–water partition coefficient (Wildman–Crippen LogP) is 5.08. The highest BCUT2D eigenvalue weighted by molar-refractivity contribution is 8.04. The van der Waals surface area contributed by atoms with E-state index in [1.165, 1.54) is 17.3 Å². The van der Waals surface area contributed by atoms with E-state index in [4.69, 9.17) is 16.3 Å². The Bertz CT molecular complexity index is 1020. The molecule has 0 bridgehead atoms. The fraction of sp³-hybridized carbons (Fsp3) is 0.304. The molecular formula is C23H23ClN2O3S. The number of halogens is 1. The molecule has 2 aromatic carbocycles. The third-order valence-corrected chi connectivity index (χ3v) is 6.69. The number of thioether (sulfide) groups is 1. The van der Waals surface area contributed by atoms with Gasteiger partial charge in [0.25, 0.3) is 11.8 Å². The van der Waals surface area contributed by atoms with Crippen LogP contribution in [0, 0.1) is 0 Å². The van der Waals surface area contributed by atoms with Gasteiger partial charge < -0.3 is 15.4 Å². The molecule has 4 rings (SSSR count). The summed E-state index contributed by atoms with van der Waals surface area (Å²) in [5, 5.41) is 6.43. The molecule has 0 fully saturated rings. The van der Waals surface area contributed by atoms with Gasteiger partial charge in [0, 0.05) is 10.8 Å². The smallest absolute Gasteiger partial charge is 0.265 e. The van der Waals surface area contributed by atoms with Gasteiger partial charge in [-0.25, -0.2) is 0 Å². The van der Waals surface area contributed by atoms with Crippen molar-refractivity contribution < 1.29 is 14.3 Å². The minimum absolute atomic E-state index is 0.0581. The molecule has 0 unspecified atom stereocenters. The van der Waals surface area contributed by atoms with Crippen molar-refractivity contribution >= 4 is 40.9 Å². The minimum Gasteiger partial charge on any atom is -0.496 e. The number of hydrogen-bond donors (Lipinski definition) is 2. The highest BCUT2D eigenvalue weighted by Gasteiger charge is 2.25. The maximum absolute atomic E-state index is 13.2. The molecule has 1 atom stereocenters. The number of amides is 2. The molecule has 1 aliphatic heterocycles. The van der Waals surface area contributed by atoms with E-state index in [0.717, 1.165) is 30.6 Å². The molecule has 0 radical (unpaired) electrons. The van der Waals surface area contributed by atoms with Gasteiger partial charge in [-0.15, -0.1) is 11.8 Å². The number of benzene rings is 2. The van der Waals surface area contributed by atoms with Crippen molar-refractivity contribution in [3.05, 3.63) is 74.8 Å². The normalized spacial score (nSPS) is 18.3. The first kappa shape index (κ1) is 20.8. The summed E-state index contributed by atoms with van der Waals surface area (Å²) in [5.74, 6) is 0.779. The molecule has 7 heteroatoms. The summed E-state index contributed by atoms with van der Waals surface area (Å²) in [6, 6.07) is 13.0. The van der Waals surface area contributed by atoms with Crippen molar-refractivity contribution in [2.45, 2.75) is 32.2 Å². The molecule has 0 aromatic heterocycles. The van der Waals surface area contributed by atoms with Crippen LogP contribution in [0.15, 0.2) is 53.1 Å². The molecule has 2 aliphatic rings. The first-order valence-corrected chi connectivity index (χ1v) is 11.4. The van der Waals surface area contributed by atoms with Crippen LogP contribution in [-0.2, 0) is 16.0 Å². The third-order valence-electron chi connectivity index (χ3n) is 5.32. The molecule has 1 aliphatic carbocycles. The first-order valence-electron chi connectivity index (χ1n) is 9.99. The van der Waals surface area contributed by atoms with E-state index in [9.17, 15) is 9.59 Å². The second-order valence-corrected chi connectivity index (χ2v) is 8.88. The van der Waals surface area contributed by atoms with Crippen molar-refractivity contribution in [3.63, 3.8) is 0 Å². The molecule has 0 saturated carbocycles. The Balaban J connectivity index is 1.56. The zero-order valence-electron chi connectivity index (χ0n) is 16.7. The predicted molar refractivity (Wildman–Crippen MR) is 121 cm³/mol. The summed E-state index contributed by atoms with van der Waals surface area (Å²) in [5.41, 5.74) is 3.20. The Morgan fingerprint density at radius 2 is 2.00 bits per heavy atom. The Hall–Kier alpha value is -2.44. The molecule has 0 saturated heterocycles. The van der Waals surface area contributed by atoms with Crippen LogP contribution in [0.1, 0.15) is 47.3 Å². The first-order chi connectivity index (χ1) is 14.5. The average molecular weight is 443 g/mol. The van der Waals surface area contributed by atoms with E-state index in [1.807, 2.05) is 12.1 Å². The molecule has 2 aromatic rings. The molecule has 30 heavy (non-hydrogen) atoms. The Kier molecular flexibility index (Phi) is 6.35. The van der Waals surface area contributed by atoms with E-state index in [-0.39, 0.29) is 17.9 Å². The van der Waals surface area contributed by atoms with Crippen molar-refractivity contribution in [1.29, 1.82) is 0 Å². The number of rotatable bonds is 4. The lowest BCUT2D eigenvalue weighted by atomic mass is 9.87. The molecule has 5 nitrogen and oxygen atoms in total. The topological polar surface area (TPSA) is 67.4 Å². The van der Waals surface area contributed by atoms with Gasteiger partial charge in [0.1, 0.15) is 10.7 Å². The fourth-order valence-corrected chi connectivity index (χ4v) is 4.85. The minimum atomic E-state index is -0.281. The lowest BCUT2D eigenvalue weighted by Gasteiger charge is -2.26. The van der Waals surface area contributed by atoms with Gasteiger partial charge in [-0.1, -0.05) is 35.9 Å². The molecule has 2 amide bonds. The van der Waals surface area contributed by atoms with Crippen molar-refractivity contribution in [1.82, 2.24) is 5.32 Å². The molecular weight excluding hydrogens is 420 g/mol. The highest BCUT2D eigenvalue weighted by Crippen LogP contribution is 2.31. The van der Waals surface area contributed by atoms with E-state index in [2.05, 4.69) is 22.8 Å². The monoisotopic (exact) mass is 442 g/mol. The van der Waals surface area contributed by atoms with Gasteiger partial charge in [0.05, 0.1) is 23.9 Å². The second kappa shape index (κ2) is 9.14. The van der Waals surface area contributed by atoms with Crippen LogP contribution in [-0.4, -0.2) is 24.2 Å². The molecule has 156 valence electrons. The third kappa shape index (κ3) is 4.50. The maximum Gasteiger partial charge on any atom is 0.265 e. The Morgan fingerprint density at radius 3 is 2.83 bits per heavy atom. The number of carbonyl (C=O) groups is 2. The van der Waals surface area contributed by atoms with Crippen LogP contribution in [0.5, 0.6) is 0 Å². The average Bonchev–Trinajstić information content (AvgIpc) is 2.75. The van der Waals surface area contributed by atoms with Gasteiger partial charge in [-0.2, -0.15) is 0 Å². The van der Waals surface area contributed by atoms with Gasteiger partial charge in [0.2, 0.25) is 0 Å². The van der Waals surface area contributed by atoms with E-state index >= 15 is 0 Å². The maximum atomic E-state index is 13.2. The number of carbonyl (C=O) groups excluding carboxylic acids is 2. The summed E-state index contributed by atoms with van der Waals surface area (Å²) >= 11 is 7.62. The summed E-state index contributed by atoms with van der Waals surface area (Å²) < 4.78 is 5.48. The second-order valence-electron chi connectivity index (χ2n) is 7.34. The Morgan fingerprint density at radius 1 is 1.17 bits per heavy atom.